The van der Waals surface area contributed by atoms with E-state index in [2.05, 4.69) is 16.9 Å². The van der Waals surface area contributed by atoms with Gasteiger partial charge in [-0.2, -0.15) is 0 Å². The third-order valence-electron chi connectivity index (χ3n) is 2.83. The molecular weight excluding hydrogens is 372 g/mol. The van der Waals surface area contributed by atoms with Gasteiger partial charge in [0.2, 0.25) is 5.91 Å². The number of aromatic nitrogens is 1. The minimum atomic E-state index is -1.15. The van der Waals surface area contributed by atoms with Crippen molar-refractivity contribution >= 4 is 46.2 Å². The fourth-order valence-electron chi connectivity index (χ4n) is 1.78. The predicted octanol–water partition coefficient (Wildman–Crippen LogP) is 2.84. The number of thiophene rings is 1. The zero-order chi connectivity index (χ0) is 17.5. The van der Waals surface area contributed by atoms with E-state index < -0.39 is 17.9 Å². The molecule has 0 bridgehead atoms. The molecule has 0 spiro atoms. The Morgan fingerprint density at radius 1 is 1.50 bits per heavy atom. The van der Waals surface area contributed by atoms with Gasteiger partial charge in [-0.1, -0.05) is 17.7 Å². The van der Waals surface area contributed by atoms with Crippen LogP contribution in [0, 0.1) is 0 Å². The lowest BCUT2D eigenvalue weighted by Gasteiger charge is -2.13. The molecule has 6 nitrogen and oxygen atoms in total. The first-order chi connectivity index (χ1) is 11.5. The second-order valence-electron chi connectivity index (χ2n) is 4.71. The number of nitrogens with one attached hydrogen (secondary N) is 1. The Morgan fingerprint density at radius 2 is 2.29 bits per heavy atom. The van der Waals surface area contributed by atoms with Gasteiger partial charge >= 0.3 is 5.97 Å². The Hall–Kier alpha value is -1.74. The number of aliphatic carboxylic acids is 1. The summed E-state index contributed by atoms with van der Waals surface area (Å²) in [7, 11) is 0. The molecule has 0 aromatic carbocycles. The Labute approximate surface area is 151 Å². The number of carbonyl (C=O) groups excluding carboxylic acids is 1. The summed E-state index contributed by atoms with van der Waals surface area (Å²) in [5, 5.41) is 14.1. The zero-order valence-corrected chi connectivity index (χ0v) is 14.9. The van der Waals surface area contributed by atoms with Crippen LogP contribution in [0.2, 0.25) is 4.34 Å². The Kier molecular flexibility index (Phi) is 6.92. The van der Waals surface area contributed by atoms with E-state index in [1.807, 2.05) is 6.07 Å². The molecule has 0 aliphatic rings. The van der Waals surface area contributed by atoms with Gasteiger partial charge in [0.15, 0.2) is 6.04 Å². The van der Waals surface area contributed by atoms with Gasteiger partial charge in [0.05, 0.1) is 34.5 Å². The quantitative estimate of drug-likeness (QED) is 0.511. The number of hydrogen-bond donors (Lipinski definition) is 2. The highest BCUT2D eigenvalue weighted by molar-refractivity contribution is 7.23. The first-order valence-electron chi connectivity index (χ1n) is 6.90. The molecule has 2 heterocycles. The highest BCUT2D eigenvalue weighted by Gasteiger charge is 2.20. The van der Waals surface area contributed by atoms with Crippen LogP contribution in [0.15, 0.2) is 30.2 Å². The molecule has 1 atom stereocenters. The Morgan fingerprint density at radius 3 is 2.92 bits per heavy atom. The smallest absolute Gasteiger partial charge is 0.328 e. The van der Waals surface area contributed by atoms with Crippen LogP contribution in [-0.2, 0) is 20.7 Å². The summed E-state index contributed by atoms with van der Waals surface area (Å²) in [5.41, 5.74) is 0.577. The average molecular weight is 387 g/mol. The number of halogens is 1. The maximum absolute atomic E-state index is 12.0. The van der Waals surface area contributed by atoms with Gasteiger partial charge < -0.3 is 15.2 Å². The van der Waals surface area contributed by atoms with Gasteiger partial charge in [0.1, 0.15) is 5.01 Å². The van der Waals surface area contributed by atoms with Crippen LogP contribution in [0.1, 0.15) is 5.69 Å². The van der Waals surface area contributed by atoms with E-state index in [0.29, 0.717) is 10.0 Å². The molecular formula is C15H15ClN2O4S2. The highest BCUT2D eigenvalue weighted by atomic mass is 35.5. The van der Waals surface area contributed by atoms with E-state index >= 15 is 0 Å². The second kappa shape index (κ2) is 8.93. The summed E-state index contributed by atoms with van der Waals surface area (Å²) in [6, 6.07) is 2.55. The van der Waals surface area contributed by atoms with Crippen molar-refractivity contribution in [3.63, 3.8) is 0 Å². The number of carbonyl (C=O) groups is 2. The molecule has 2 rings (SSSR count). The van der Waals surface area contributed by atoms with Gasteiger partial charge in [0, 0.05) is 5.38 Å². The maximum Gasteiger partial charge on any atom is 0.328 e. The minimum absolute atomic E-state index is 0.000839. The van der Waals surface area contributed by atoms with Crippen molar-refractivity contribution in [2.24, 2.45) is 0 Å². The van der Waals surface area contributed by atoms with Crippen LogP contribution >= 0.6 is 34.3 Å². The van der Waals surface area contributed by atoms with Crippen molar-refractivity contribution in [1.29, 1.82) is 0 Å². The summed E-state index contributed by atoms with van der Waals surface area (Å²) >= 11 is 8.72. The van der Waals surface area contributed by atoms with Crippen molar-refractivity contribution < 1.29 is 19.4 Å². The fourth-order valence-corrected chi connectivity index (χ4v) is 3.72. The lowest BCUT2D eigenvalue weighted by atomic mass is 10.2. The van der Waals surface area contributed by atoms with E-state index in [9.17, 15) is 9.59 Å². The van der Waals surface area contributed by atoms with E-state index in [4.69, 9.17) is 21.4 Å². The normalized spacial score (nSPS) is 11.9. The van der Waals surface area contributed by atoms with Crippen LogP contribution < -0.4 is 5.32 Å². The van der Waals surface area contributed by atoms with Gasteiger partial charge in [-0.05, 0) is 12.1 Å². The number of amides is 1. The number of carboxylic acid groups (broad SMARTS) is 1. The molecule has 0 aliphatic carbocycles. The van der Waals surface area contributed by atoms with E-state index in [1.54, 1.807) is 11.4 Å². The fraction of sp³-hybridized carbons (Fsp3) is 0.267. The third kappa shape index (κ3) is 5.41. The summed E-state index contributed by atoms with van der Waals surface area (Å²) in [6.45, 7) is 3.57. The van der Waals surface area contributed by atoms with Gasteiger partial charge in [0.25, 0.3) is 0 Å². The number of nitrogens with zero attached hydrogens (tertiary/aromatic N) is 1. The molecule has 9 heteroatoms. The van der Waals surface area contributed by atoms with Crippen LogP contribution in [0.3, 0.4) is 0 Å². The molecule has 0 radical (unpaired) electrons. The van der Waals surface area contributed by atoms with Crippen LogP contribution in [0.5, 0.6) is 0 Å². The molecule has 0 aliphatic heterocycles. The van der Waals surface area contributed by atoms with Crippen molar-refractivity contribution in [2.75, 3.05) is 13.2 Å². The predicted molar refractivity (Wildman–Crippen MR) is 94.7 cm³/mol. The summed E-state index contributed by atoms with van der Waals surface area (Å²) in [5.74, 6) is -1.58. The molecule has 0 saturated carbocycles. The number of thiazole rings is 1. The van der Waals surface area contributed by atoms with E-state index in [0.717, 1.165) is 9.88 Å². The van der Waals surface area contributed by atoms with Crippen LogP contribution in [0.25, 0.3) is 9.88 Å². The lowest BCUT2D eigenvalue weighted by Crippen LogP contribution is -2.44. The highest BCUT2D eigenvalue weighted by Crippen LogP contribution is 2.32. The monoisotopic (exact) mass is 386 g/mol. The van der Waals surface area contributed by atoms with E-state index in [1.165, 1.54) is 28.7 Å². The van der Waals surface area contributed by atoms with Crippen molar-refractivity contribution in [3.05, 3.63) is 40.2 Å². The van der Waals surface area contributed by atoms with Crippen molar-refractivity contribution in [2.45, 2.75) is 12.5 Å². The summed E-state index contributed by atoms with van der Waals surface area (Å²) in [4.78, 5) is 28.4. The number of carboxylic acids is 1. The first kappa shape index (κ1) is 18.6. The van der Waals surface area contributed by atoms with E-state index in [-0.39, 0.29) is 19.6 Å². The molecule has 2 aromatic rings. The van der Waals surface area contributed by atoms with Crippen molar-refractivity contribution in [3.8, 4) is 9.88 Å². The standard InChI is InChI=1S/C15H15ClN2O4S2/c1-2-5-22-7-10(15(20)21)18-13(19)6-9-8-23-14(17-9)11-3-4-12(16)24-11/h2-4,8,10H,1,5-7H2,(H,18,19)(H,20,21). The van der Waals surface area contributed by atoms with Gasteiger partial charge in [-0.25, -0.2) is 9.78 Å². The first-order valence-corrected chi connectivity index (χ1v) is 8.98. The summed E-state index contributed by atoms with van der Waals surface area (Å²) < 4.78 is 5.75. The molecule has 24 heavy (non-hydrogen) atoms. The SMILES string of the molecule is C=CCOCC(NC(=O)Cc1csc(-c2ccc(Cl)s2)n1)C(=O)O. The minimum Gasteiger partial charge on any atom is -0.480 e. The number of rotatable bonds is 9. The average Bonchev–Trinajstić information content (AvgIpc) is 3.15. The largest absolute Gasteiger partial charge is 0.480 e. The molecule has 1 amide bonds. The van der Waals surface area contributed by atoms with Gasteiger partial charge in [-0.3, -0.25) is 4.79 Å². The summed E-state index contributed by atoms with van der Waals surface area (Å²) in [6.07, 6.45) is 1.51. The molecule has 1 unspecified atom stereocenters. The zero-order valence-electron chi connectivity index (χ0n) is 12.5. The second-order valence-corrected chi connectivity index (χ2v) is 7.28. The topological polar surface area (TPSA) is 88.5 Å². The van der Waals surface area contributed by atoms with Crippen LogP contribution in [-0.4, -0.2) is 41.2 Å². The van der Waals surface area contributed by atoms with Crippen LogP contribution in [0.4, 0.5) is 0 Å². The molecule has 128 valence electrons. The molecule has 0 fully saturated rings. The lowest BCUT2D eigenvalue weighted by molar-refractivity contribution is -0.143. The molecule has 0 saturated heterocycles. The number of ether oxygens (including phenoxy) is 1. The number of hydrogen-bond acceptors (Lipinski definition) is 6. The molecule has 2 aromatic heterocycles. The van der Waals surface area contributed by atoms with Crippen molar-refractivity contribution in [1.82, 2.24) is 10.3 Å². The van der Waals surface area contributed by atoms with Gasteiger partial charge in [-0.15, -0.1) is 29.3 Å². The Bertz CT molecular complexity index is 729. The third-order valence-corrected chi connectivity index (χ3v) is 5.12. The molecule has 2 N–H and O–H groups in total. The maximum atomic E-state index is 12.0. The Balaban J connectivity index is 1.92.